The number of H-pyrrole nitrogens is 2. The van der Waals surface area contributed by atoms with E-state index in [4.69, 9.17) is 9.47 Å². The molecule has 2 fully saturated rings. The Labute approximate surface area is 279 Å². The fourth-order valence-electron chi connectivity index (χ4n) is 5.61. The minimum atomic E-state index is -0.736. The highest BCUT2D eigenvalue weighted by Gasteiger charge is 2.40. The summed E-state index contributed by atoms with van der Waals surface area (Å²) in [6.45, 7) is 2.48. The summed E-state index contributed by atoms with van der Waals surface area (Å²) < 4.78 is 25.9. The van der Waals surface area contributed by atoms with E-state index in [9.17, 15) is 39.0 Å². The molecule has 50 heavy (non-hydrogen) atoms. The number of carbonyl (C=O) groups is 2. The summed E-state index contributed by atoms with van der Waals surface area (Å²) in [4.78, 5) is 74.8. The molecule has 22 nitrogen and oxygen atoms in total. The van der Waals surface area contributed by atoms with Crippen LogP contribution in [0.25, 0.3) is 0 Å². The van der Waals surface area contributed by atoms with Gasteiger partial charge in [-0.15, -0.1) is 10.2 Å². The number of aryl methyl sites for hydroxylation is 2. The molecule has 4 aromatic heterocycles. The molecule has 2 aliphatic heterocycles. The Kier molecular flexibility index (Phi) is 10.6. The van der Waals surface area contributed by atoms with Gasteiger partial charge in [0.2, 0.25) is 0 Å². The molecule has 2 saturated heterocycles. The third-order valence-electron chi connectivity index (χ3n) is 8.21. The molecule has 268 valence electrons. The Hall–Kier alpha value is -5.58. The lowest BCUT2D eigenvalue weighted by Gasteiger charge is -2.17. The first-order valence-corrected chi connectivity index (χ1v) is 15.1. The Balaban J connectivity index is 0.000000194. The zero-order valence-corrected chi connectivity index (χ0v) is 27.2. The van der Waals surface area contributed by atoms with Crippen molar-refractivity contribution in [1.29, 1.82) is 0 Å². The minimum Gasteiger partial charge on any atom is -0.464 e. The second kappa shape index (κ2) is 14.9. The number of ether oxygens (including phenoxy) is 4. The van der Waals surface area contributed by atoms with Gasteiger partial charge in [0.1, 0.15) is 24.7 Å². The number of rotatable bonds is 8. The van der Waals surface area contributed by atoms with Crippen molar-refractivity contribution in [2.24, 2.45) is 0 Å². The zero-order valence-electron chi connectivity index (χ0n) is 27.2. The van der Waals surface area contributed by atoms with E-state index in [1.807, 2.05) is 0 Å². The minimum absolute atomic E-state index is 0.0275. The fraction of sp³-hybridized carbons (Fsp3) is 0.500. The molecule has 0 aliphatic carbocycles. The molecule has 0 spiro atoms. The molecule has 0 amide bonds. The van der Waals surface area contributed by atoms with Crippen molar-refractivity contribution in [3.8, 4) is 0 Å². The number of methoxy groups -OCH3 is 2. The van der Waals surface area contributed by atoms with Gasteiger partial charge in [-0.25, -0.2) is 28.5 Å². The lowest BCUT2D eigenvalue weighted by molar-refractivity contribution is -0.0325. The Morgan fingerprint density at radius 2 is 1.34 bits per heavy atom. The number of aromatic amines is 2. The highest BCUT2D eigenvalue weighted by Crippen LogP contribution is 2.37. The average Bonchev–Trinajstić information content (AvgIpc) is 3.92. The van der Waals surface area contributed by atoms with Gasteiger partial charge in [0.25, 0.3) is 11.1 Å². The number of nitrogens with one attached hydrogen (secondary N) is 2. The van der Waals surface area contributed by atoms with Crippen LogP contribution in [-0.4, -0.2) is 111 Å². The first-order chi connectivity index (χ1) is 23.9. The molecule has 6 rings (SSSR count). The largest absolute Gasteiger partial charge is 0.464 e. The van der Waals surface area contributed by atoms with Gasteiger partial charge in [-0.2, -0.15) is 0 Å². The molecule has 0 aromatic carbocycles. The van der Waals surface area contributed by atoms with E-state index in [0.29, 0.717) is 17.5 Å². The fourth-order valence-corrected chi connectivity index (χ4v) is 5.61. The van der Waals surface area contributed by atoms with Crippen LogP contribution in [0.5, 0.6) is 0 Å². The van der Waals surface area contributed by atoms with Crippen molar-refractivity contribution in [1.82, 2.24) is 49.1 Å². The predicted molar refractivity (Wildman–Crippen MR) is 164 cm³/mol. The Bertz CT molecular complexity index is 2090. The summed E-state index contributed by atoms with van der Waals surface area (Å²) >= 11 is 0. The number of aliphatic hydroxyl groups is 2. The van der Waals surface area contributed by atoms with Gasteiger partial charge in [0.15, 0.2) is 11.4 Å². The van der Waals surface area contributed by atoms with Crippen molar-refractivity contribution in [2.75, 3.05) is 27.4 Å². The standard InChI is InChI=1S/2C14H17N5O6/c1-7-5-18(14(23)16-12(7)21)11-3-8(10(6-20)25-11)19-9(4-15-17-19)13(22)24-2;1-7-4-18(14(23)15-12(7)21)11-3-9(10(6-20)25-11)19-5-8(16-17-19)13(22)24-2/h4-5,8,10-11,20H,3,6H2,1-2H3,(H,16,21,23);4-5,9-11,20H,3,6H2,1-2H3,(H,15,21,23)/t8-,10+,11+;9-,10+,11+/m00/s1. The van der Waals surface area contributed by atoms with Crippen molar-refractivity contribution < 1.29 is 38.7 Å². The van der Waals surface area contributed by atoms with Crippen LogP contribution in [0.1, 0.15) is 69.5 Å². The molecule has 0 saturated carbocycles. The van der Waals surface area contributed by atoms with Gasteiger partial charge in [-0.05, 0) is 13.8 Å². The summed E-state index contributed by atoms with van der Waals surface area (Å²) in [6, 6.07) is -0.981. The second-order valence-corrected chi connectivity index (χ2v) is 11.3. The summed E-state index contributed by atoms with van der Waals surface area (Å²) in [5.74, 6) is -1.25. The van der Waals surface area contributed by atoms with Crippen LogP contribution in [0.15, 0.2) is 44.0 Å². The van der Waals surface area contributed by atoms with Crippen molar-refractivity contribution >= 4 is 11.9 Å². The van der Waals surface area contributed by atoms with Gasteiger partial charge in [-0.1, -0.05) is 10.4 Å². The van der Waals surface area contributed by atoms with E-state index in [-0.39, 0.29) is 31.0 Å². The van der Waals surface area contributed by atoms with E-state index in [0.717, 1.165) is 0 Å². The summed E-state index contributed by atoms with van der Waals surface area (Å²) in [6.07, 6.45) is 3.18. The molecular weight excluding hydrogens is 668 g/mol. The molecule has 22 heteroatoms. The van der Waals surface area contributed by atoms with Crippen LogP contribution >= 0.6 is 0 Å². The van der Waals surface area contributed by atoms with Crippen LogP contribution in [0.4, 0.5) is 0 Å². The van der Waals surface area contributed by atoms with E-state index in [2.05, 4.69) is 40.1 Å². The number of aromatic nitrogens is 10. The monoisotopic (exact) mass is 702 g/mol. The lowest BCUT2D eigenvalue weighted by Crippen LogP contribution is -2.33. The van der Waals surface area contributed by atoms with Crippen LogP contribution in [-0.2, 0) is 18.9 Å². The van der Waals surface area contributed by atoms with E-state index in [1.165, 1.54) is 57.5 Å². The molecule has 4 aromatic rings. The maximum absolute atomic E-state index is 12.0. The lowest BCUT2D eigenvalue weighted by atomic mass is 10.1. The molecule has 2 aliphatic rings. The van der Waals surface area contributed by atoms with E-state index in [1.54, 1.807) is 13.8 Å². The number of hydrogen-bond acceptors (Lipinski definition) is 16. The van der Waals surface area contributed by atoms with Gasteiger partial charge in [-0.3, -0.25) is 28.7 Å². The third-order valence-corrected chi connectivity index (χ3v) is 8.21. The molecule has 0 radical (unpaired) electrons. The maximum atomic E-state index is 12.0. The molecule has 6 heterocycles. The number of esters is 2. The second-order valence-electron chi connectivity index (χ2n) is 11.3. The number of aliphatic hydroxyl groups excluding tert-OH is 2. The zero-order chi connectivity index (χ0) is 36.3. The normalized spacial score (nSPS) is 22.9. The van der Waals surface area contributed by atoms with Gasteiger partial charge in [0, 0.05) is 36.4 Å². The Morgan fingerprint density at radius 3 is 1.86 bits per heavy atom. The predicted octanol–water partition coefficient (Wildman–Crippen LogP) is -2.51. The third kappa shape index (κ3) is 7.08. The first-order valence-electron chi connectivity index (χ1n) is 15.1. The highest BCUT2D eigenvalue weighted by molar-refractivity contribution is 5.87. The van der Waals surface area contributed by atoms with Crippen LogP contribution < -0.4 is 22.5 Å². The van der Waals surface area contributed by atoms with Crippen LogP contribution in [0, 0.1) is 13.8 Å². The highest BCUT2D eigenvalue weighted by atomic mass is 16.5. The number of hydrogen-bond donors (Lipinski definition) is 4. The summed E-state index contributed by atoms with van der Waals surface area (Å²) in [7, 11) is 2.47. The van der Waals surface area contributed by atoms with Crippen LogP contribution in [0.2, 0.25) is 0 Å². The van der Waals surface area contributed by atoms with E-state index < -0.39 is 71.2 Å². The summed E-state index contributed by atoms with van der Waals surface area (Å²) in [5.41, 5.74) is -1.31. The molecule has 4 N–H and O–H groups in total. The molecule has 0 unspecified atom stereocenters. The first kappa shape index (κ1) is 35.7. The van der Waals surface area contributed by atoms with Crippen molar-refractivity contribution in [3.63, 3.8) is 0 Å². The smallest absolute Gasteiger partial charge is 0.360 e. The number of nitrogens with zero attached hydrogens (tertiary/aromatic N) is 8. The topological polar surface area (TPSA) is 283 Å². The van der Waals surface area contributed by atoms with Gasteiger partial charge in [0.05, 0.1) is 51.9 Å². The van der Waals surface area contributed by atoms with Crippen LogP contribution in [0.3, 0.4) is 0 Å². The Morgan fingerprint density at radius 1 is 0.820 bits per heavy atom. The summed E-state index contributed by atoms with van der Waals surface area (Å²) in [5, 5.41) is 34.4. The molecule has 0 bridgehead atoms. The van der Waals surface area contributed by atoms with Crippen molar-refractivity contribution in [2.45, 2.75) is 63.4 Å². The maximum Gasteiger partial charge on any atom is 0.360 e. The SMILES string of the molecule is COC(=O)c1cn([C@H]2C[C@H](n3cc(C)c(=O)[nH]c3=O)O[C@@H]2CO)nn1.COC(=O)c1cnnn1[C@H]1C[C@H](n2cc(C)c(=O)[nH]c2=O)O[C@@H]1CO. The van der Waals surface area contributed by atoms with E-state index >= 15 is 0 Å². The molecule has 6 atom stereocenters. The van der Waals surface area contributed by atoms with Crippen molar-refractivity contribution in [3.05, 3.63) is 89.0 Å². The van der Waals surface area contributed by atoms with Gasteiger partial charge >= 0.3 is 23.3 Å². The molecular formula is C28H34N10O12. The average molecular weight is 703 g/mol. The quantitative estimate of drug-likeness (QED) is 0.138. The van der Waals surface area contributed by atoms with Gasteiger partial charge < -0.3 is 29.2 Å². The number of carbonyl (C=O) groups excluding carboxylic acids is 2.